The number of carbonyl (C=O) groups is 5. The molecule has 46 heavy (non-hydrogen) atoms. The predicted molar refractivity (Wildman–Crippen MR) is 152 cm³/mol. The number of aliphatic hydroxyl groups excluding tert-OH is 1. The zero-order valence-corrected chi connectivity index (χ0v) is 26.0. The average molecular weight is 648 g/mol. The summed E-state index contributed by atoms with van der Waals surface area (Å²) >= 11 is 0. The highest BCUT2D eigenvalue weighted by Crippen LogP contribution is 2.65. The number of carboxylic acid groups (broad SMARTS) is 1. The van der Waals surface area contributed by atoms with Gasteiger partial charge in [-0.15, -0.1) is 0 Å². The Morgan fingerprint density at radius 2 is 1.74 bits per heavy atom. The average Bonchev–Trinajstić information content (AvgIpc) is 3.35. The lowest BCUT2D eigenvalue weighted by Crippen LogP contribution is -2.74. The van der Waals surface area contributed by atoms with Gasteiger partial charge in [0.05, 0.1) is 24.5 Å². The Bertz CT molecular complexity index is 1490. The van der Waals surface area contributed by atoms with Crippen LogP contribution in [0.4, 0.5) is 0 Å². The number of methoxy groups -OCH3 is 1. The van der Waals surface area contributed by atoms with Crippen LogP contribution in [0.5, 0.6) is 11.5 Å². The molecule has 2 bridgehead atoms. The fraction of sp³-hybridized carbons (Fsp3) is 0.581. The van der Waals surface area contributed by atoms with E-state index < -0.39 is 77.8 Å². The molecular weight excluding hydrogens is 610 g/mol. The van der Waals surface area contributed by atoms with Crippen molar-refractivity contribution in [2.45, 2.75) is 94.0 Å². The minimum absolute atomic E-state index is 0.0951. The summed E-state index contributed by atoms with van der Waals surface area (Å²) in [6, 6.07) is 3.51. The van der Waals surface area contributed by atoms with Gasteiger partial charge in [-0.25, -0.2) is 19.2 Å². The molecule has 5 rings (SSSR count). The topological polar surface area (TPSA) is 205 Å². The van der Waals surface area contributed by atoms with Gasteiger partial charge in [-0.1, -0.05) is 6.07 Å². The number of piperidine rings is 1. The molecule has 1 aromatic carbocycles. The number of aliphatic hydroxyl groups is 2. The number of likely N-dealkylation sites (N-methyl/N-ethyl adjacent to an activating group) is 1. The van der Waals surface area contributed by atoms with Crippen LogP contribution < -0.4 is 9.47 Å². The summed E-state index contributed by atoms with van der Waals surface area (Å²) in [4.78, 5) is 63.8. The molecule has 1 aromatic rings. The summed E-state index contributed by atoms with van der Waals surface area (Å²) in [5.74, 6) is -5.23. The molecule has 4 aliphatic rings. The van der Waals surface area contributed by atoms with E-state index in [4.69, 9.17) is 33.5 Å². The molecule has 15 heteroatoms. The lowest BCUT2D eigenvalue weighted by molar-refractivity contribution is -0.185. The SMILES string of the molecule is COc1ccc2c3c1O[C@H]1C(OC(=O)C[C@H](OC(=O)[C@H](C)O)C(=O)O[C@@H](C)C(=O)O[C@@H](C)C(=O)O)=CC[C@@]4(O)[C@H](C2)N(C)CC[C@]314. The smallest absolute Gasteiger partial charge is 0.348 e. The van der Waals surface area contributed by atoms with E-state index in [0.29, 0.717) is 30.9 Å². The van der Waals surface area contributed by atoms with Crippen molar-refractivity contribution in [2.75, 3.05) is 20.7 Å². The van der Waals surface area contributed by atoms with E-state index in [2.05, 4.69) is 4.90 Å². The summed E-state index contributed by atoms with van der Waals surface area (Å²) in [6.07, 6.45) is -5.79. The second-order valence-corrected chi connectivity index (χ2v) is 12.1. The Morgan fingerprint density at radius 1 is 1.04 bits per heavy atom. The zero-order chi connectivity index (χ0) is 33.7. The molecule has 0 amide bonds. The summed E-state index contributed by atoms with van der Waals surface area (Å²) in [7, 11) is 3.46. The van der Waals surface area contributed by atoms with Crippen LogP contribution in [0.15, 0.2) is 24.0 Å². The van der Waals surface area contributed by atoms with Gasteiger partial charge in [-0.3, -0.25) is 4.79 Å². The highest BCUT2D eigenvalue weighted by molar-refractivity contribution is 5.88. The van der Waals surface area contributed by atoms with Crippen LogP contribution in [0.2, 0.25) is 0 Å². The molecule has 2 aliphatic carbocycles. The van der Waals surface area contributed by atoms with Gasteiger partial charge in [0, 0.05) is 18.0 Å². The van der Waals surface area contributed by atoms with Crippen LogP contribution in [0, 0.1) is 0 Å². The van der Waals surface area contributed by atoms with Gasteiger partial charge < -0.3 is 48.6 Å². The largest absolute Gasteiger partial charge is 0.493 e. The summed E-state index contributed by atoms with van der Waals surface area (Å²) < 4.78 is 32.5. The fourth-order valence-corrected chi connectivity index (χ4v) is 6.94. The molecule has 1 fully saturated rings. The number of hydrogen-bond acceptors (Lipinski definition) is 14. The van der Waals surface area contributed by atoms with Crippen LogP contribution in [-0.4, -0.2) is 113 Å². The Morgan fingerprint density at radius 3 is 2.39 bits per heavy atom. The van der Waals surface area contributed by atoms with Gasteiger partial charge in [0.2, 0.25) is 6.10 Å². The lowest BCUT2D eigenvalue weighted by Gasteiger charge is -2.61. The van der Waals surface area contributed by atoms with E-state index in [1.165, 1.54) is 7.11 Å². The minimum atomic E-state index is -1.95. The highest BCUT2D eigenvalue weighted by Gasteiger charge is 2.72. The normalized spacial score (nSPS) is 28.2. The van der Waals surface area contributed by atoms with E-state index in [1.54, 1.807) is 12.1 Å². The number of hydrogen-bond donors (Lipinski definition) is 3. The number of likely N-dealkylation sites (tertiary alicyclic amines) is 1. The van der Waals surface area contributed by atoms with Crippen molar-refractivity contribution in [3.8, 4) is 11.5 Å². The van der Waals surface area contributed by atoms with Gasteiger partial charge in [-0.05, 0) is 64.9 Å². The number of nitrogens with zero attached hydrogens (tertiary/aromatic N) is 1. The van der Waals surface area contributed by atoms with E-state index in [-0.39, 0.29) is 18.2 Å². The third kappa shape index (κ3) is 5.35. The molecule has 3 N–H and O–H groups in total. The second kappa shape index (κ2) is 12.2. The molecule has 250 valence electrons. The highest BCUT2D eigenvalue weighted by atomic mass is 16.6. The van der Waals surface area contributed by atoms with Crippen LogP contribution in [0.3, 0.4) is 0 Å². The van der Waals surface area contributed by atoms with E-state index in [1.807, 2.05) is 13.1 Å². The van der Waals surface area contributed by atoms with Crippen LogP contribution >= 0.6 is 0 Å². The van der Waals surface area contributed by atoms with Crippen molar-refractivity contribution < 1.29 is 67.7 Å². The molecule has 2 heterocycles. The first-order chi connectivity index (χ1) is 21.6. The number of benzene rings is 1. The van der Waals surface area contributed by atoms with Gasteiger partial charge in [0.25, 0.3) is 0 Å². The Kier molecular flexibility index (Phi) is 8.79. The molecule has 0 unspecified atom stereocenters. The van der Waals surface area contributed by atoms with Crippen LogP contribution in [-0.2, 0) is 54.8 Å². The van der Waals surface area contributed by atoms with Crippen LogP contribution in [0.1, 0.15) is 51.2 Å². The van der Waals surface area contributed by atoms with Gasteiger partial charge in [0.15, 0.2) is 29.8 Å². The molecule has 15 nitrogen and oxygen atoms in total. The first-order valence-corrected chi connectivity index (χ1v) is 14.9. The maximum Gasteiger partial charge on any atom is 0.348 e. The summed E-state index contributed by atoms with van der Waals surface area (Å²) in [6.45, 7) is 3.92. The van der Waals surface area contributed by atoms with Gasteiger partial charge in [-0.2, -0.15) is 0 Å². The number of esters is 4. The standard InChI is InChI=1S/C31H37NO14/c1-14(33)27(37)45-20(29(39)43-16(3)28(38)42-15(2)26(35)36)13-22(34)44-19-8-9-31(40)21-12-17-6-7-18(41-5)24-23(17)30(31,25(19)46-24)10-11-32(21)4/h6-8,14-16,20-21,25,33,40H,9-13H2,1-5H3,(H,35,36)/t14-,15-,16-,20-,21-,25-,30-,31+/m0/s1. The first-order valence-electron chi connectivity index (χ1n) is 14.9. The molecule has 8 atom stereocenters. The van der Waals surface area contributed by atoms with E-state index in [0.717, 1.165) is 31.9 Å². The number of carbonyl (C=O) groups excluding carboxylic acids is 4. The lowest BCUT2D eigenvalue weighted by atomic mass is 9.50. The molecule has 0 saturated carbocycles. The summed E-state index contributed by atoms with van der Waals surface area (Å²) in [5.41, 5.74) is -0.416. The number of ether oxygens (including phenoxy) is 6. The minimum Gasteiger partial charge on any atom is -0.493 e. The predicted octanol–water partition coefficient (Wildman–Crippen LogP) is 0.147. The number of carboxylic acids is 1. The van der Waals surface area contributed by atoms with Crippen molar-refractivity contribution in [2.24, 2.45) is 0 Å². The fourth-order valence-electron chi connectivity index (χ4n) is 6.94. The summed E-state index contributed by atoms with van der Waals surface area (Å²) in [5, 5.41) is 30.9. The zero-order valence-electron chi connectivity index (χ0n) is 26.0. The van der Waals surface area contributed by atoms with Crippen molar-refractivity contribution >= 4 is 29.8 Å². The molecule has 0 radical (unpaired) electrons. The third-order valence-electron chi connectivity index (χ3n) is 9.27. The third-order valence-corrected chi connectivity index (χ3v) is 9.27. The molecule has 0 aromatic heterocycles. The monoisotopic (exact) mass is 647 g/mol. The second-order valence-electron chi connectivity index (χ2n) is 12.1. The molecule has 1 spiro atoms. The maximum absolute atomic E-state index is 13.3. The number of rotatable bonds is 11. The first kappa shape index (κ1) is 33.2. The van der Waals surface area contributed by atoms with E-state index in [9.17, 15) is 34.2 Å². The van der Waals surface area contributed by atoms with Crippen molar-refractivity contribution in [3.63, 3.8) is 0 Å². The quantitative estimate of drug-likeness (QED) is 0.216. The molecule has 1 saturated heterocycles. The maximum atomic E-state index is 13.3. The Labute approximate surface area is 263 Å². The van der Waals surface area contributed by atoms with Gasteiger partial charge in [0.1, 0.15) is 11.9 Å². The van der Waals surface area contributed by atoms with Gasteiger partial charge >= 0.3 is 29.8 Å². The Hall–Kier alpha value is -4.21. The van der Waals surface area contributed by atoms with Crippen LogP contribution in [0.25, 0.3) is 0 Å². The Balaban J connectivity index is 1.38. The molecule has 2 aliphatic heterocycles. The molecular formula is C31H37NO14. The van der Waals surface area contributed by atoms with Crippen molar-refractivity contribution in [1.82, 2.24) is 4.90 Å². The van der Waals surface area contributed by atoms with Crippen molar-refractivity contribution in [3.05, 3.63) is 35.1 Å². The van der Waals surface area contributed by atoms with E-state index >= 15 is 0 Å². The number of aliphatic carboxylic acids is 1. The van der Waals surface area contributed by atoms with Crippen molar-refractivity contribution in [1.29, 1.82) is 0 Å².